The van der Waals surface area contributed by atoms with Crippen molar-refractivity contribution in [3.8, 4) is 0 Å². The molecule has 0 aromatic heterocycles. The van der Waals surface area contributed by atoms with Crippen LogP contribution >= 0.6 is 23.2 Å². The van der Waals surface area contributed by atoms with Crippen molar-refractivity contribution < 1.29 is 14.3 Å². The lowest BCUT2D eigenvalue weighted by molar-refractivity contribution is -0.128. The third-order valence-corrected chi connectivity index (χ3v) is 7.30. The van der Waals surface area contributed by atoms with Gasteiger partial charge in [0.05, 0.1) is 11.6 Å². The van der Waals surface area contributed by atoms with Crippen molar-refractivity contribution in [2.24, 2.45) is 11.7 Å². The third kappa shape index (κ3) is 2.75. The highest BCUT2D eigenvalue weighted by molar-refractivity contribution is 6.31. The number of aliphatic hydroxyl groups is 1. The minimum Gasteiger partial charge on any atom is -0.395 e. The number of hydrogen-bond donors (Lipinski definition) is 3. The minimum atomic E-state index is -1.25. The van der Waals surface area contributed by atoms with Crippen molar-refractivity contribution in [2.75, 3.05) is 18.5 Å². The van der Waals surface area contributed by atoms with E-state index in [0.29, 0.717) is 28.7 Å². The summed E-state index contributed by atoms with van der Waals surface area (Å²) in [6, 6.07) is 8.82. The maximum absolute atomic E-state index is 15.2. The van der Waals surface area contributed by atoms with Gasteiger partial charge in [0, 0.05) is 40.8 Å². The summed E-state index contributed by atoms with van der Waals surface area (Å²) in [6.07, 6.45) is 2.12. The number of benzene rings is 2. The number of carbonyl (C=O) groups is 1. The average molecular weight is 450 g/mol. The minimum absolute atomic E-state index is 0.0224. The zero-order chi connectivity index (χ0) is 21.2. The first kappa shape index (κ1) is 20.2. The highest BCUT2D eigenvalue weighted by atomic mass is 35.5. The zero-order valence-corrected chi connectivity index (χ0v) is 17.6. The van der Waals surface area contributed by atoms with Gasteiger partial charge in [-0.3, -0.25) is 9.69 Å². The highest BCUT2D eigenvalue weighted by Crippen LogP contribution is 2.58. The lowest BCUT2D eigenvalue weighted by Gasteiger charge is -2.39. The number of nitrogens with one attached hydrogen (secondary N) is 1. The molecule has 1 saturated heterocycles. The first-order valence-corrected chi connectivity index (χ1v) is 10.8. The van der Waals surface area contributed by atoms with Crippen LogP contribution in [0.25, 0.3) is 0 Å². The van der Waals surface area contributed by atoms with Gasteiger partial charge in [-0.15, -0.1) is 0 Å². The van der Waals surface area contributed by atoms with E-state index < -0.39 is 29.4 Å². The van der Waals surface area contributed by atoms with Crippen molar-refractivity contribution in [1.29, 1.82) is 0 Å². The van der Waals surface area contributed by atoms with Crippen molar-refractivity contribution in [3.63, 3.8) is 0 Å². The number of nitrogens with two attached hydrogens (primary N) is 1. The van der Waals surface area contributed by atoms with E-state index in [4.69, 9.17) is 28.9 Å². The first-order chi connectivity index (χ1) is 14.4. The highest BCUT2D eigenvalue weighted by Gasteiger charge is 2.66. The first-order valence-electron chi connectivity index (χ1n) is 10.1. The maximum Gasteiger partial charge on any atom is 0.250 e. The Bertz CT molecular complexity index is 1030. The second-order valence-corrected chi connectivity index (χ2v) is 9.30. The molecule has 5 rings (SSSR count). The van der Waals surface area contributed by atoms with Crippen LogP contribution in [0.5, 0.6) is 0 Å². The molecule has 8 heteroatoms. The van der Waals surface area contributed by atoms with Gasteiger partial charge in [-0.1, -0.05) is 41.4 Å². The van der Waals surface area contributed by atoms with Crippen LogP contribution in [0, 0.1) is 11.7 Å². The molecule has 1 unspecified atom stereocenters. The number of fused-ring (bicyclic) bond motifs is 2. The summed E-state index contributed by atoms with van der Waals surface area (Å²) in [6.45, 7) is 0.373. The molecule has 1 amide bonds. The van der Waals surface area contributed by atoms with Crippen LogP contribution < -0.4 is 11.1 Å². The summed E-state index contributed by atoms with van der Waals surface area (Å²) in [5.41, 5.74) is 6.98. The molecule has 4 N–H and O–H groups in total. The van der Waals surface area contributed by atoms with Gasteiger partial charge in [0.2, 0.25) is 5.91 Å². The zero-order valence-electron chi connectivity index (χ0n) is 16.1. The molecule has 2 aromatic carbocycles. The maximum atomic E-state index is 15.2. The van der Waals surface area contributed by atoms with E-state index in [1.807, 2.05) is 4.90 Å². The van der Waals surface area contributed by atoms with Gasteiger partial charge >= 0.3 is 0 Å². The van der Waals surface area contributed by atoms with Gasteiger partial charge in [-0.25, -0.2) is 4.39 Å². The Kier molecular flexibility index (Phi) is 4.84. The molecule has 158 valence electrons. The van der Waals surface area contributed by atoms with E-state index in [0.717, 1.165) is 12.8 Å². The van der Waals surface area contributed by atoms with Gasteiger partial charge < -0.3 is 16.2 Å². The Morgan fingerprint density at radius 2 is 2.03 bits per heavy atom. The molecule has 2 aromatic rings. The molecule has 1 saturated carbocycles. The molecule has 4 atom stereocenters. The molecular formula is C22H22Cl2FN3O2. The van der Waals surface area contributed by atoms with E-state index in [9.17, 15) is 9.90 Å². The number of anilines is 1. The number of carbonyl (C=O) groups excluding carboxylic acids is 1. The van der Waals surface area contributed by atoms with Crippen molar-refractivity contribution in [2.45, 2.75) is 36.4 Å². The van der Waals surface area contributed by atoms with Crippen LogP contribution in [0.3, 0.4) is 0 Å². The number of amides is 1. The molecule has 1 aliphatic carbocycles. The second-order valence-electron chi connectivity index (χ2n) is 8.45. The van der Waals surface area contributed by atoms with Gasteiger partial charge in [-0.05, 0) is 42.5 Å². The normalized spacial score (nSPS) is 30.7. The van der Waals surface area contributed by atoms with E-state index in [2.05, 4.69) is 5.32 Å². The van der Waals surface area contributed by atoms with Crippen molar-refractivity contribution >= 4 is 34.8 Å². The van der Waals surface area contributed by atoms with E-state index >= 15 is 4.39 Å². The molecule has 0 bridgehead atoms. The standard InChI is InChI=1S/C22H22Cl2FN3O2/c23-12-6-7-14-16(8-12)27-21(30)22(14)18(13-2-1-3-15(24)19(13)25)20(26)17(10-29)28(22)9-11-4-5-11/h1-3,6-8,11,17-18,20,29H,4-5,9-10,26H2,(H,27,30)/t17?,18-,20+,22+/m1/s1. The second kappa shape index (κ2) is 7.18. The number of aliphatic hydroxyl groups excluding tert-OH is 1. The van der Waals surface area contributed by atoms with Gasteiger partial charge in [0.15, 0.2) is 0 Å². The van der Waals surface area contributed by atoms with Gasteiger partial charge in [0.1, 0.15) is 11.4 Å². The Morgan fingerprint density at radius 1 is 1.27 bits per heavy atom. The van der Waals surface area contributed by atoms with Gasteiger partial charge in [-0.2, -0.15) is 0 Å². The molecule has 2 heterocycles. The Morgan fingerprint density at radius 3 is 2.73 bits per heavy atom. The number of likely N-dealkylation sites (tertiary alicyclic amines) is 1. The Hall–Kier alpha value is -1.70. The number of hydrogen-bond acceptors (Lipinski definition) is 4. The quantitative estimate of drug-likeness (QED) is 0.667. The third-order valence-electron chi connectivity index (χ3n) is 6.77. The number of rotatable bonds is 4. The lowest BCUT2D eigenvalue weighted by atomic mass is 9.73. The predicted octanol–water partition coefficient (Wildman–Crippen LogP) is 3.48. The van der Waals surface area contributed by atoms with Crippen LogP contribution in [0.1, 0.15) is 29.9 Å². The molecule has 2 fully saturated rings. The summed E-state index contributed by atoms with van der Waals surface area (Å²) in [5.74, 6) is -1.17. The van der Waals surface area contributed by atoms with E-state index in [1.165, 1.54) is 6.07 Å². The predicted molar refractivity (Wildman–Crippen MR) is 114 cm³/mol. The molecule has 30 heavy (non-hydrogen) atoms. The monoisotopic (exact) mass is 449 g/mol. The Balaban J connectivity index is 1.78. The van der Waals surface area contributed by atoms with Crippen molar-refractivity contribution in [1.82, 2.24) is 4.90 Å². The number of halogens is 3. The summed E-state index contributed by atoms with van der Waals surface area (Å²) in [5, 5.41) is 13.7. The molecule has 0 radical (unpaired) electrons. The van der Waals surface area contributed by atoms with Crippen LogP contribution in [0.2, 0.25) is 10.0 Å². The SMILES string of the molecule is N[C@H]1C(CO)N(CC2CC2)[C@]2(C(=O)Nc3cc(Cl)ccc32)[C@@H]1c1cccc(Cl)c1F. The van der Waals surface area contributed by atoms with Crippen LogP contribution in [-0.4, -0.2) is 41.1 Å². The lowest BCUT2D eigenvalue weighted by Crippen LogP contribution is -2.53. The fraction of sp³-hybridized carbons (Fsp3) is 0.409. The Labute approximate surface area is 183 Å². The largest absolute Gasteiger partial charge is 0.395 e. The van der Waals surface area contributed by atoms with Crippen LogP contribution in [0.15, 0.2) is 36.4 Å². The fourth-order valence-corrected chi connectivity index (χ4v) is 5.66. The molecule has 3 aliphatic rings. The van der Waals surface area contributed by atoms with Crippen LogP contribution in [-0.2, 0) is 10.3 Å². The summed E-state index contributed by atoms with van der Waals surface area (Å²) in [7, 11) is 0. The summed E-state index contributed by atoms with van der Waals surface area (Å²) in [4.78, 5) is 15.7. The molecular weight excluding hydrogens is 428 g/mol. The van der Waals surface area contributed by atoms with E-state index in [-0.39, 0.29) is 23.1 Å². The van der Waals surface area contributed by atoms with Crippen molar-refractivity contribution in [3.05, 3.63) is 63.4 Å². The number of nitrogens with zero attached hydrogens (tertiary/aromatic N) is 1. The summed E-state index contributed by atoms with van der Waals surface area (Å²) >= 11 is 12.3. The average Bonchev–Trinajstić information content (AvgIpc) is 3.43. The topological polar surface area (TPSA) is 78.6 Å². The van der Waals surface area contributed by atoms with E-state index in [1.54, 1.807) is 30.3 Å². The molecule has 5 nitrogen and oxygen atoms in total. The summed E-state index contributed by atoms with van der Waals surface area (Å²) < 4.78 is 15.2. The van der Waals surface area contributed by atoms with Crippen LogP contribution in [0.4, 0.5) is 10.1 Å². The molecule has 1 spiro atoms. The molecule has 2 aliphatic heterocycles. The fourth-order valence-electron chi connectivity index (χ4n) is 5.31. The smallest absolute Gasteiger partial charge is 0.250 e. The van der Waals surface area contributed by atoms with Gasteiger partial charge in [0.25, 0.3) is 0 Å².